The molecule has 6 heteroatoms. The summed E-state index contributed by atoms with van der Waals surface area (Å²) in [5, 5.41) is 4.90. The second-order valence-corrected chi connectivity index (χ2v) is 6.66. The zero-order valence-corrected chi connectivity index (χ0v) is 13.7. The van der Waals surface area contributed by atoms with Gasteiger partial charge in [-0.25, -0.2) is 4.98 Å². The quantitative estimate of drug-likeness (QED) is 0.796. The monoisotopic (exact) mass is 322 g/mol. The van der Waals surface area contributed by atoms with Crippen LogP contribution in [-0.4, -0.2) is 36.4 Å². The summed E-state index contributed by atoms with van der Waals surface area (Å²) in [6, 6.07) is 10.1. The number of nitrogens with one attached hydrogen (secondary N) is 1. The average Bonchev–Trinajstić information content (AvgIpc) is 2.95. The first-order valence-electron chi connectivity index (χ1n) is 6.61. The Morgan fingerprint density at radius 3 is 2.90 bits per heavy atom. The Bertz CT molecular complexity index is 572. The van der Waals surface area contributed by atoms with Crippen molar-refractivity contribution in [1.29, 1.82) is 0 Å². The van der Waals surface area contributed by atoms with Gasteiger partial charge in [-0.15, -0.1) is 11.3 Å². The Balaban J connectivity index is 1.84. The SMILES string of the molecule is COCC(C)NC(=O)CSc1nc(-c2ccccc2)cs1. The molecule has 1 aromatic carbocycles. The summed E-state index contributed by atoms with van der Waals surface area (Å²) in [4.78, 5) is 16.3. The highest BCUT2D eigenvalue weighted by molar-refractivity contribution is 8.01. The van der Waals surface area contributed by atoms with Gasteiger partial charge < -0.3 is 10.1 Å². The van der Waals surface area contributed by atoms with Crippen molar-refractivity contribution in [2.75, 3.05) is 19.5 Å². The lowest BCUT2D eigenvalue weighted by molar-refractivity contribution is -0.119. The maximum Gasteiger partial charge on any atom is 0.230 e. The highest BCUT2D eigenvalue weighted by Gasteiger charge is 2.10. The molecule has 1 amide bonds. The molecular formula is C15H18N2O2S2. The largest absolute Gasteiger partial charge is 0.383 e. The third kappa shape index (κ3) is 5.15. The third-order valence-corrected chi connectivity index (χ3v) is 4.72. The van der Waals surface area contributed by atoms with Crippen molar-refractivity contribution in [3.8, 4) is 11.3 Å². The first-order chi connectivity index (χ1) is 10.2. The van der Waals surface area contributed by atoms with Crippen molar-refractivity contribution >= 4 is 29.0 Å². The van der Waals surface area contributed by atoms with Crippen LogP contribution in [0, 0.1) is 0 Å². The fourth-order valence-corrected chi connectivity index (χ4v) is 3.45. The highest BCUT2D eigenvalue weighted by atomic mass is 32.2. The smallest absolute Gasteiger partial charge is 0.230 e. The number of nitrogens with zero attached hydrogens (tertiary/aromatic N) is 1. The number of amides is 1. The summed E-state index contributed by atoms with van der Waals surface area (Å²) < 4.78 is 5.89. The van der Waals surface area contributed by atoms with Gasteiger partial charge in [0.1, 0.15) is 0 Å². The van der Waals surface area contributed by atoms with Gasteiger partial charge in [0.05, 0.1) is 18.1 Å². The number of thiazole rings is 1. The molecule has 4 nitrogen and oxygen atoms in total. The van der Waals surface area contributed by atoms with Gasteiger partial charge in [0.2, 0.25) is 5.91 Å². The molecule has 0 aliphatic carbocycles. The number of ether oxygens (including phenoxy) is 1. The fourth-order valence-electron chi connectivity index (χ4n) is 1.80. The van der Waals surface area contributed by atoms with Crippen LogP contribution in [0.25, 0.3) is 11.3 Å². The number of methoxy groups -OCH3 is 1. The van der Waals surface area contributed by atoms with Crippen LogP contribution in [0.15, 0.2) is 40.1 Å². The second-order valence-electron chi connectivity index (χ2n) is 4.58. The molecule has 0 fully saturated rings. The zero-order valence-electron chi connectivity index (χ0n) is 12.0. The minimum Gasteiger partial charge on any atom is -0.383 e. The van der Waals surface area contributed by atoms with Gasteiger partial charge in [-0.05, 0) is 6.92 Å². The van der Waals surface area contributed by atoms with Crippen molar-refractivity contribution in [2.24, 2.45) is 0 Å². The van der Waals surface area contributed by atoms with Gasteiger partial charge >= 0.3 is 0 Å². The Kier molecular flexibility index (Phi) is 6.22. The van der Waals surface area contributed by atoms with E-state index in [1.54, 1.807) is 18.4 Å². The van der Waals surface area contributed by atoms with Gasteiger partial charge in [-0.3, -0.25) is 4.79 Å². The number of hydrogen-bond acceptors (Lipinski definition) is 5. The molecule has 0 aliphatic rings. The van der Waals surface area contributed by atoms with E-state index >= 15 is 0 Å². The molecule has 1 heterocycles. The van der Waals surface area contributed by atoms with Gasteiger partial charge in [0, 0.05) is 24.1 Å². The molecule has 0 bridgehead atoms. The molecule has 0 spiro atoms. The Hall–Kier alpha value is -1.37. The van der Waals surface area contributed by atoms with Gasteiger partial charge in [0.25, 0.3) is 0 Å². The number of thioether (sulfide) groups is 1. The molecule has 112 valence electrons. The molecule has 1 unspecified atom stereocenters. The Morgan fingerprint density at radius 2 is 2.19 bits per heavy atom. The topological polar surface area (TPSA) is 51.2 Å². The Morgan fingerprint density at radius 1 is 1.43 bits per heavy atom. The molecule has 21 heavy (non-hydrogen) atoms. The van der Waals surface area contributed by atoms with E-state index in [-0.39, 0.29) is 11.9 Å². The first-order valence-corrected chi connectivity index (χ1v) is 8.47. The first kappa shape index (κ1) is 16.0. The fraction of sp³-hybridized carbons (Fsp3) is 0.333. The number of hydrogen-bond donors (Lipinski definition) is 1. The van der Waals surface area contributed by atoms with Crippen LogP contribution < -0.4 is 5.32 Å². The second kappa shape index (κ2) is 8.17. The lowest BCUT2D eigenvalue weighted by Gasteiger charge is -2.11. The number of carbonyl (C=O) groups excluding carboxylic acids is 1. The van der Waals surface area contributed by atoms with Crippen molar-refractivity contribution in [3.63, 3.8) is 0 Å². The van der Waals surface area contributed by atoms with Crippen molar-refractivity contribution < 1.29 is 9.53 Å². The molecule has 1 atom stereocenters. The van der Waals surface area contributed by atoms with E-state index in [2.05, 4.69) is 10.3 Å². The third-order valence-electron chi connectivity index (χ3n) is 2.70. The minimum atomic E-state index is 0.000936. The molecule has 0 saturated carbocycles. The predicted molar refractivity (Wildman–Crippen MR) is 87.8 cm³/mol. The van der Waals surface area contributed by atoms with E-state index in [9.17, 15) is 4.79 Å². The van der Waals surface area contributed by atoms with Crippen LogP contribution in [-0.2, 0) is 9.53 Å². The summed E-state index contributed by atoms with van der Waals surface area (Å²) in [7, 11) is 1.62. The lowest BCUT2D eigenvalue weighted by atomic mass is 10.2. The molecule has 0 saturated heterocycles. The van der Waals surface area contributed by atoms with Crippen LogP contribution in [0.1, 0.15) is 6.92 Å². The van der Waals surface area contributed by atoms with E-state index in [0.29, 0.717) is 12.4 Å². The van der Waals surface area contributed by atoms with E-state index < -0.39 is 0 Å². The normalized spacial score (nSPS) is 12.1. The molecule has 0 aliphatic heterocycles. The molecular weight excluding hydrogens is 304 g/mol. The van der Waals surface area contributed by atoms with E-state index in [1.165, 1.54) is 11.8 Å². The predicted octanol–water partition coefficient (Wildman–Crippen LogP) is 3.05. The molecule has 1 aromatic heterocycles. The minimum absolute atomic E-state index is 0.000936. The number of benzene rings is 1. The summed E-state index contributed by atoms with van der Waals surface area (Å²) in [5.74, 6) is 0.372. The summed E-state index contributed by atoms with van der Waals surface area (Å²) in [6.45, 7) is 2.44. The van der Waals surface area contributed by atoms with Crippen molar-refractivity contribution in [3.05, 3.63) is 35.7 Å². The maximum atomic E-state index is 11.8. The molecule has 0 radical (unpaired) electrons. The van der Waals surface area contributed by atoms with Gasteiger partial charge in [0.15, 0.2) is 4.34 Å². The van der Waals surface area contributed by atoms with Crippen molar-refractivity contribution in [1.82, 2.24) is 10.3 Å². The molecule has 2 aromatic rings. The van der Waals surface area contributed by atoms with Gasteiger partial charge in [-0.1, -0.05) is 42.1 Å². The van der Waals surface area contributed by atoms with E-state index in [0.717, 1.165) is 15.6 Å². The summed E-state index contributed by atoms with van der Waals surface area (Å²) in [6.07, 6.45) is 0. The van der Waals surface area contributed by atoms with E-state index in [1.807, 2.05) is 42.6 Å². The lowest BCUT2D eigenvalue weighted by Crippen LogP contribution is -2.36. The molecule has 2 rings (SSSR count). The highest BCUT2D eigenvalue weighted by Crippen LogP contribution is 2.27. The number of carbonyl (C=O) groups is 1. The summed E-state index contributed by atoms with van der Waals surface area (Å²) in [5.41, 5.74) is 2.05. The van der Waals surface area contributed by atoms with Crippen LogP contribution in [0.4, 0.5) is 0 Å². The zero-order chi connectivity index (χ0) is 15.1. The standard InChI is InChI=1S/C15H18N2O2S2/c1-11(8-19-2)16-14(18)10-21-15-17-13(9-20-15)12-6-4-3-5-7-12/h3-7,9,11H,8,10H2,1-2H3,(H,16,18). The van der Waals surface area contributed by atoms with Crippen LogP contribution in [0.2, 0.25) is 0 Å². The van der Waals surface area contributed by atoms with E-state index in [4.69, 9.17) is 4.74 Å². The summed E-state index contributed by atoms with van der Waals surface area (Å²) >= 11 is 3.02. The molecule has 1 N–H and O–H groups in total. The number of aromatic nitrogens is 1. The maximum absolute atomic E-state index is 11.8. The van der Waals surface area contributed by atoms with Crippen LogP contribution in [0.3, 0.4) is 0 Å². The number of rotatable bonds is 7. The average molecular weight is 322 g/mol. The van der Waals surface area contributed by atoms with Crippen LogP contribution >= 0.6 is 23.1 Å². The van der Waals surface area contributed by atoms with Crippen molar-refractivity contribution in [2.45, 2.75) is 17.3 Å². The van der Waals surface area contributed by atoms with Gasteiger partial charge in [-0.2, -0.15) is 0 Å². The van der Waals surface area contributed by atoms with Crippen LogP contribution in [0.5, 0.6) is 0 Å². The Labute approximate surface area is 132 Å².